The van der Waals surface area contributed by atoms with E-state index in [2.05, 4.69) is 26.1 Å². The highest BCUT2D eigenvalue weighted by molar-refractivity contribution is 7.52. The van der Waals surface area contributed by atoms with Gasteiger partial charge in [-0.05, 0) is 35.6 Å². The Morgan fingerprint density at radius 1 is 0.957 bits per heavy atom. The van der Waals surface area contributed by atoms with Crippen LogP contribution in [-0.4, -0.2) is 9.79 Å². The highest BCUT2D eigenvalue weighted by atomic mass is 31.2. The lowest BCUT2D eigenvalue weighted by Gasteiger charge is -2.23. The predicted octanol–water partition coefficient (Wildman–Crippen LogP) is 4.58. The fourth-order valence-electron chi connectivity index (χ4n) is 2.33. The van der Waals surface area contributed by atoms with Gasteiger partial charge in [0.1, 0.15) is 0 Å². The molecule has 0 bridgehead atoms. The molecule has 2 aromatic rings. The summed E-state index contributed by atoms with van der Waals surface area (Å²) in [6.45, 7) is 8.31. The van der Waals surface area contributed by atoms with Crippen molar-refractivity contribution in [2.75, 3.05) is 5.32 Å². The van der Waals surface area contributed by atoms with Crippen LogP contribution in [0, 0.1) is 6.92 Å². The summed E-state index contributed by atoms with van der Waals surface area (Å²) < 4.78 is 11.9. The van der Waals surface area contributed by atoms with Gasteiger partial charge in [-0.1, -0.05) is 62.7 Å². The molecule has 5 heteroatoms. The van der Waals surface area contributed by atoms with Crippen molar-refractivity contribution >= 4 is 13.3 Å². The molecule has 2 rings (SSSR count). The van der Waals surface area contributed by atoms with Gasteiger partial charge in [0.05, 0.1) is 0 Å². The van der Waals surface area contributed by atoms with Gasteiger partial charge < -0.3 is 15.1 Å². The highest BCUT2D eigenvalue weighted by Gasteiger charge is 2.30. The van der Waals surface area contributed by atoms with Crippen LogP contribution in [0.1, 0.15) is 43.2 Å². The Balaban J connectivity index is 2.29. The molecule has 0 aliphatic carbocycles. The molecule has 23 heavy (non-hydrogen) atoms. The van der Waals surface area contributed by atoms with E-state index in [1.54, 1.807) is 12.1 Å². The van der Waals surface area contributed by atoms with E-state index in [4.69, 9.17) is 0 Å². The van der Waals surface area contributed by atoms with E-state index in [0.29, 0.717) is 11.3 Å². The quantitative estimate of drug-likeness (QED) is 0.716. The van der Waals surface area contributed by atoms with Gasteiger partial charge in [-0.2, -0.15) is 0 Å². The van der Waals surface area contributed by atoms with Crippen molar-refractivity contribution in [2.24, 2.45) is 0 Å². The Labute approximate surface area is 137 Å². The Morgan fingerprint density at radius 3 is 1.91 bits per heavy atom. The van der Waals surface area contributed by atoms with E-state index >= 15 is 0 Å². The van der Waals surface area contributed by atoms with Crippen molar-refractivity contribution in [1.29, 1.82) is 0 Å². The standard InChI is InChI=1S/C18H24NO3P/c1-13-5-7-14(8-6-13)17(23(20,21)22)19-16-11-9-15(10-12-16)18(2,3)4/h5-12,17,19H,1-4H3,(H2,20,21,22)/t17-/m0/s1. The highest BCUT2D eigenvalue weighted by Crippen LogP contribution is 2.51. The van der Waals surface area contributed by atoms with Gasteiger partial charge in [-0.25, -0.2) is 0 Å². The number of hydrogen-bond donors (Lipinski definition) is 3. The fourth-order valence-corrected chi connectivity index (χ4v) is 3.21. The summed E-state index contributed by atoms with van der Waals surface area (Å²) in [6.07, 6.45) is 0. The summed E-state index contributed by atoms with van der Waals surface area (Å²) in [5.41, 5.74) is 3.52. The van der Waals surface area contributed by atoms with E-state index in [-0.39, 0.29) is 5.41 Å². The van der Waals surface area contributed by atoms with E-state index in [0.717, 1.165) is 5.56 Å². The number of anilines is 1. The lowest BCUT2D eigenvalue weighted by molar-refractivity contribution is 0.363. The summed E-state index contributed by atoms with van der Waals surface area (Å²) >= 11 is 0. The third kappa shape index (κ3) is 4.68. The van der Waals surface area contributed by atoms with Crippen LogP contribution in [0.15, 0.2) is 48.5 Å². The minimum absolute atomic E-state index is 0.0398. The first-order valence-electron chi connectivity index (χ1n) is 7.56. The Kier molecular flexibility index (Phi) is 5.00. The van der Waals surface area contributed by atoms with Gasteiger partial charge in [0.25, 0.3) is 0 Å². The Bertz CT molecular complexity index is 697. The zero-order valence-electron chi connectivity index (χ0n) is 13.9. The minimum Gasteiger partial charge on any atom is -0.368 e. The van der Waals surface area contributed by atoms with Crippen molar-refractivity contribution in [3.63, 3.8) is 0 Å². The molecule has 0 fully saturated rings. The van der Waals surface area contributed by atoms with Crippen LogP contribution in [0.25, 0.3) is 0 Å². The Morgan fingerprint density at radius 2 is 1.48 bits per heavy atom. The fraction of sp³-hybridized carbons (Fsp3) is 0.333. The second-order valence-electron chi connectivity index (χ2n) is 6.87. The second kappa shape index (κ2) is 6.48. The third-order valence-electron chi connectivity index (χ3n) is 3.78. The maximum atomic E-state index is 11.9. The summed E-state index contributed by atoms with van der Waals surface area (Å²) in [6, 6.07) is 14.9. The number of aryl methyl sites for hydroxylation is 1. The van der Waals surface area contributed by atoms with Crippen LogP contribution in [0.4, 0.5) is 5.69 Å². The lowest BCUT2D eigenvalue weighted by atomic mass is 9.87. The topological polar surface area (TPSA) is 69.6 Å². The molecule has 0 radical (unpaired) electrons. The molecule has 2 aromatic carbocycles. The first kappa shape index (κ1) is 17.7. The van der Waals surface area contributed by atoms with Crippen LogP contribution < -0.4 is 5.32 Å². The van der Waals surface area contributed by atoms with Crippen LogP contribution in [-0.2, 0) is 9.98 Å². The third-order valence-corrected chi connectivity index (χ3v) is 4.88. The van der Waals surface area contributed by atoms with Gasteiger partial charge >= 0.3 is 7.60 Å². The largest absolute Gasteiger partial charge is 0.368 e. The first-order chi connectivity index (χ1) is 10.6. The van der Waals surface area contributed by atoms with Crippen LogP contribution in [0.3, 0.4) is 0 Å². The van der Waals surface area contributed by atoms with Gasteiger partial charge in [0, 0.05) is 5.69 Å². The number of rotatable bonds is 4. The molecule has 0 aromatic heterocycles. The average Bonchev–Trinajstić information content (AvgIpc) is 2.44. The predicted molar refractivity (Wildman–Crippen MR) is 94.7 cm³/mol. The van der Waals surface area contributed by atoms with Crippen LogP contribution >= 0.6 is 7.60 Å². The van der Waals surface area contributed by atoms with Crippen molar-refractivity contribution in [3.8, 4) is 0 Å². The summed E-state index contributed by atoms with van der Waals surface area (Å²) in [7, 11) is -4.33. The molecule has 4 nitrogen and oxygen atoms in total. The van der Waals surface area contributed by atoms with Crippen molar-refractivity contribution < 1.29 is 14.4 Å². The second-order valence-corrected chi connectivity index (χ2v) is 8.57. The van der Waals surface area contributed by atoms with Crippen LogP contribution in [0.5, 0.6) is 0 Å². The molecule has 0 amide bonds. The smallest absolute Gasteiger partial charge is 0.352 e. The maximum absolute atomic E-state index is 11.9. The molecule has 124 valence electrons. The molecule has 3 N–H and O–H groups in total. The lowest BCUT2D eigenvalue weighted by Crippen LogP contribution is -2.13. The normalized spacial score (nSPS) is 13.7. The summed E-state index contributed by atoms with van der Waals surface area (Å²) in [5, 5.41) is 2.97. The zero-order valence-corrected chi connectivity index (χ0v) is 14.8. The van der Waals surface area contributed by atoms with Gasteiger partial charge in [-0.3, -0.25) is 4.57 Å². The molecule has 0 heterocycles. The zero-order chi connectivity index (χ0) is 17.3. The Hall–Kier alpha value is -1.61. The molecule has 0 aliphatic heterocycles. The summed E-state index contributed by atoms with van der Waals surface area (Å²) in [5.74, 6) is -1.05. The van der Waals surface area contributed by atoms with E-state index in [9.17, 15) is 14.4 Å². The van der Waals surface area contributed by atoms with Gasteiger partial charge in [0.2, 0.25) is 0 Å². The number of benzene rings is 2. The summed E-state index contributed by atoms with van der Waals surface area (Å²) in [4.78, 5) is 19.4. The maximum Gasteiger partial charge on any atom is 0.352 e. The van der Waals surface area contributed by atoms with Crippen molar-refractivity contribution in [3.05, 3.63) is 65.2 Å². The van der Waals surface area contributed by atoms with Crippen molar-refractivity contribution in [2.45, 2.75) is 38.9 Å². The molecule has 0 saturated heterocycles. The molecule has 0 unspecified atom stereocenters. The average molecular weight is 333 g/mol. The first-order valence-corrected chi connectivity index (χ1v) is 9.24. The van der Waals surface area contributed by atoms with E-state index in [1.807, 2.05) is 43.3 Å². The van der Waals surface area contributed by atoms with Crippen LogP contribution in [0.2, 0.25) is 0 Å². The van der Waals surface area contributed by atoms with Gasteiger partial charge in [-0.15, -0.1) is 0 Å². The monoisotopic (exact) mass is 333 g/mol. The number of nitrogens with one attached hydrogen (secondary N) is 1. The minimum atomic E-state index is -4.33. The number of hydrogen-bond acceptors (Lipinski definition) is 2. The van der Waals surface area contributed by atoms with Crippen molar-refractivity contribution in [1.82, 2.24) is 0 Å². The van der Waals surface area contributed by atoms with Gasteiger partial charge in [0.15, 0.2) is 5.78 Å². The SMILES string of the molecule is Cc1ccc([C@@H](Nc2ccc(C(C)(C)C)cc2)P(=O)(O)O)cc1. The van der Waals surface area contributed by atoms with E-state index in [1.165, 1.54) is 5.56 Å². The molecular weight excluding hydrogens is 309 g/mol. The molecule has 0 saturated carbocycles. The molecule has 0 aliphatic rings. The molecular formula is C18H24NO3P. The molecule has 1 atom stereocenters. The molecule has 0 spiro atoms. The van der Waals surface area contributed by atoms with E-state index < -0.39 is 13.4 Å².